The molecule has 0 aliphatic rings. The first-order chi connectivity index (χ1) is 16.7. The van der Waals surface area contributed by atoms with Crippen molar-refractivity contribution >= 4 is 7.32 Å². The number of benzene rings is 2. The summed E-state index contributed by atoms with van der Waals surface area (Å²) in [6.45, 7) is 10.6. The van der Waals surface area contributed by atoms with Crippen LogP contribution in [-0.2, 0) is 0 Å². The lowest BCUT2D eigenvalue weighted by molar-refractivity contribution is 0.275. The number of hydrogen-bond acceptors (Lipinski definition) is 4. The summed E-state index contributed by atoms with van der Waals surface area (Å²) in [5.74, 6) is -26.6. The smallest absolute Gasteiger partial charge is 0.402 e. The molecule has 2 aromatic carbocycles. The molecular formula is C21H24BF10NO3. The molecule has 0 amide bonds. The van der Waals surface area contributed by atoms with Gasteiger partial charge in [0, 0.05) is 0 Å². The molecular weight excluding hydrogens is 515 g/mol. The molecule has 0 saturated heterocycles. The quantitative estimate of drug-likeness (QED) is 0.196. The second-order valence-electron chi connectivity index (χ2n) is 7.08. The van der Waals surface area contributed by atoms with Crippen LogP contribution in [-0.4, -0.2) is 46.9 Å². The Kier molecular flexibility index (Phi) is 14.7. The van der Waals surface area contributed by atoms with Crippen molar-refractivity contribution < 1.29 is 59.0 Å². The SMILES string of the molecule is CCCN(CCC)CCC.Fc1c(F)c(F)c(-c2c(F)c(F)c(F)c(F)c2F)c(F)c1F.OB(O)O. The van der Waals surface area contributed by atoms with Gasteiger partial charge in [-0.15, -0.1) is 0 Å². The first-order valence-corrected chi connectivity index (χ1v) is 10.5. The summed E-state index contributed by atoms with van der Waals surface area (Å²) in [5, 5.41) is 21.5. The molecule has 0 aliphatic heterocycles. The van der Waals surface area contributed by atoms with E-state index >= 15 is 0 Å². The van der Waals surface area contributed by atoms with Gasteiger partial charge in [-0.05, 0) is 38.9 Å². The van der Waals surface area contributed by atoms with E-state index in [0.717, 1.165) is 0 Å². The van der Waals surface area contributed by atoms with Crippen LogP contribution in [0.5, 0.6) is 0 Å². The third-order valence-corrected chi connectivity index (χ3v) is 4.29. The maximum Gasteiger partial charge on any atom is 0.631 e. The van der Waals surface area contributed by atoms with Crippen LogP contribution in [0.1, 0.15) is 40.0 Å². The first-order valence-electron chi connectivity index (χ1n) is 10.5. The molecule has 0 atom stereocenters. The predicted octanol–water partition coefficient (Wildman–Crippen LogP) is 5.21. The molecule has 0 saturated carbocycles. The van der Waals surface area contributed by atoms with Gasteiger partial charge in [0.1, 0.15) is 0 Å². The Labute approximate surface area is 201 Å². The second-order valence-corrected chi connectivity index (χ2v) is 7.08. The van der Waals surface area contributed by atoms with Gasteiger partial charge in [0.2, 0.25) is 11.6 Å². The van der Waals surface area contributed by atoms with Gasteiger partial charge in [0.15, 0.2) is 46.5 Å². The van der Waals surface area contributed by atoms with Gasteiger partial charge < -0.3 is 20.0 Å². The van der Waals surface area contributed by atoms with E-state index in [2.05, 4.69) is 25.7 Å². The van der Waals surface area contributed by atoms with Crippen LogP contribution in [0.25, 0.3) is 11.1 Å². The van der Waals surface area contributed by atoms with E-state index in [1.54, 1.807) is 0 Å². The zero-order chi connectivity index (χ0) is 28.3. The topological polar surface area (TPSA) is 63.9 Å². The van der Waals surface area contributed by atoms with Crippen LogP contribution in [0.4, 0.5) is 43.9 Å². The molecule has 0 unspecified atom stereocenters. The van der Waals surface area contributed by atoms with Gasteiger partial charge >= 0.3 is 7.32 Å². The van der Waals surface area contributed by atoms with Gasteiger partial charge in [-0.2, -0.15) is 0 Å². The number of nitrogens with zero attached hydrogens (tertiary/aromatic N) is 1. The van der Waals surface area contributed by atoms with E-state index < -0.39 is 76.6 Å². The Morgan fingerprint density at radius 3 is 0.778 bits per heavy atom. The average Bonchev–Trinajstić information content (AvgIpc) is 2.81. The molecule has 3 N–H and O–H groups in total. The van der Waals surface area contributed by atoms with E-state index in [-0.39, 0.29) is 0 Å². The van der Waals surface area contributed by atoms with E-state index in [0.29, 0.717) is 0 Å². The van der Waals surface area contributed by atoms with Crippen LogP contribution in [0.3, 0.4) is 0 Å². The van der Waals surface area contributed by atoms with Crippen LogP contribution in [0, 0.1) is 58.2 Å². The summed E-state index contributed by atoms with van der Waals surface area (Å²) in [6.07, 6.45) is 3.88. The Hall–Kier alpha value is -2.36. The normalized spacial score (nSPS) is 10.6. The Balaban J connectivity index is 0.000000729. The number of hydrogen-bond donors (Lipinski definition) is 3. The molecule has 36 heavy (non-hydrogen) atoms. The first kappa shape index (κ1) is 33.6. The Morgan fingerprint density at radius 2 is 0.611 bits per heavy atom. The number of halogens is 10. The zero-order valence-corrected chi connectivity index (χ0v) is 19.4. The minimum atomic E-state index is -2.68. The predicted molar refractivity (Wildman–Crippen MR) is 111 cm³/mol. The maximum absolute atomic E-state index is 13.4. The third kappa shape index (κ3) is 8.64. The molecule has 2 rings (SSSR count). The summed E-state index contributed by atoms with van der Waals surface area (Å²) in [5.41, 5.74) is -4.52. The highest BCUT2D eigenvalue weighted by Crippen LogP contribution is 2.37. The standard InChI is InChI=1S/C12F10.C9H21N.BH3O3/c13-3-1(4(14)8(18)11(21)7(3)17)2-5(15)9(19)12(22)10(20)6(2)16;1-4-7-10(8-5-2)9-6-3;2-1(3)4/h;4-9H2,1-3H3;2-4H. The lowest BCUT2D eigenvalue weighted by Gasteiger charge is -2.19. The van der Waals surface area contributed by atoms with Crippen LogP contribution in [0.15, 0.2) is 0 Å². The van der Waals surface area contributed by atoms with Crippen LogP contribution < -0.4 is 0 Å². The molecule has 0 fully saturated rings. The van der Waals surface area contributed by atoms with Gasteiger partial charge in [-0.3, -0.25) is 0 Å². The summed E-state index contributed by atoms with van der Waals surface area (Å²) < 4.78 is 131. The fourth-order valence-corrected chi connectivity index (χ4v) is 2.93. The minimum Gasteiger partial charge on any atom is -0.402 e. The van der Waals surface area contributed by atoms with E-state index in [1.807, 2.05) is 0 Å². The highest BCUT2D eigenvalue weighted by atomic mass is 19.2. The molecule has 0 heterocycles. The maximum atomic E-state index is 13.4. The van der Waals surface area contributed by atoms with Crippen molar-refractivity contribution in [3.8, 4) is 11.1 Å². The largest absolute Gasteiger partial charge is 0.631 e. The Morgan fingerprint density at radius 1 is 0.444 bits per heavy atom. The van der Waals surface area contributed by atoms with Gasteiger partial charge in [0.25, 0.3) is 0 Å². The van der Waals surface area contributed by atoms with Crippen molar-refractivity contribution in [2.75, 3.05) is 19.6 Å². The lowest BCUT2D eigenvalue weighted by atomic mass is 10.0. The van der Waals surface area contributed by atoms with Crippen molar-refractivity contribution in [1.82, 2.24) is 4.90 Å². The van der Waals surface area contributed by atoms with E-state index in [9.17, 15) is 43.9 Å². The zero-order valence-electron chi connectivity index (χ0n) is 19.4. The second kappa shape index (κ2) is 15.7. The summed E-state index contributed by atoms with van der Waals surface area (Å²) >= 11 is 0. The van der Waals surface area contributed by atoms with Gasteiger partial charge in [0.05, 0.1) is 11.1 Å². The van der Waals surface area contributed by atoms with Crippen molar-refractivity contribution in [1.29, 1.82) is 0 Å². The van der Waals surface area contributed by atoms with Gasteiger partial charge in [-0.1, -0.05) is 20.8 Å². The van der Waals surface area contributed by atoms with Crippen molar-refractivity contribution in [3.63, 3.8) is 0 Å². The Bertz CT molecular complexity index is 868. The fourth-order valence-electron chi connectivity index (χ4n) is 2.93. The van der Waals surface area contributed by atoms with Gasteiger partial charge in [-0.25, -0.2) is 43.9 Å². The molecule has 4 nitrogen and oxygen atoms in total. The monoisotopic (exact) mass is 539 g/mol. The summed E-state index contributed by atoms with van der Waals surface area (Å²) in [7, 11) is -2.17. The number of rotatable bonds is 7. The molecule has 15 heteroatoms. The highest BCUT2D eigenvalue weighted by Gasteiger charge is 2.34. The molecule has 0 radical (unpaired) electrons. The minimum absolute atomic E-state index is 1.28. The van der Waals surface area contributed by atoms with Crippen molar-refractivity contribution in [2.45, 2.75) is 40.0 Å². The molecule has 0 spiro atoms. The summed E-state index contributed by atoms with van der Waals surface area (Å²) in [6, 6.07) is 0. The average molecular weight is 539 g/mol. The molecule has 0 aromatic heterocycles. The van der Waals surface area contributed by atoms with E-state index in [4.69, 9.17) is 15.1 Å². The molecule has 0 bridgehead atoms. The fraction of sp³-hybridized carbons (Fsp3) is 0.429. The molecule has 0 aliphatic carbocycles. The van der Waals surface area contributed by atoms with Crippen LogP contribution in [0.2, 0.25) is 0 Å². The highest BCUT2D eigenvalue weighted by molar-refractivity contribution is 6.30. The lowest BCUT2D eigenvalue weighted by Crippen LogP contribution is -2.25. The van der Waals surface area contributed by atoms with Crippen molar-refractivity contribution in [2.24, 2.45) is 0 Å². The van der Waals surface area contributed by atoms with Crippen molar-refractivity contribution in [3.05, 3.63) is 58.2 Å². The van der Waals surface area contributed by atoms with E-state index in [1.165, 1.54) is 38.9 Å². The molecule has 2 aromatic rings. The molecule has 204 valence electrons. The summed E-state index contributed by atoms with van der Waals surface area (Å²) in [4.78, 5) is 2.54. The van der Waals surface area contributed by atoms with Crippen LogP contribution >= 0.6 is 0 Å². The third-order valence-electron chi connectivity index (χ3n) is 4.29.